The molecule has 5 heteroatoms. The second-order valence-electron chi connectivity index (χ2n) is 4.88. The molecule has 1 saturated heterocycles. The van der Waals surface area contributed by atoms with Gasteiger partial charge in [-0.05, 0) is 45.4 Å². The highest BCUT2D eigenvalue weighted by Crippen LogP contribution is 1.93. The van der Waals surface area contributed by atoms with Crippen molar-refractivity contribution < 1.29 is 5.11 Å². The third-order valence-corrected chi connectivity index (χ3v) is 3.25. The molecule has 1 fully saturated rings. The lowest BCUT2D eigenvalue weighted by Crippen LogP contribution is -2.37. The highest BCUT2D eigenvalue weighted by Gasteiger charge is 2.04. The van der Waals surface area contributed by atoms with Crippen molar-refractivity contribution in [2.24, 2.45) is 0 Å². The lowest BCUT2D eigenvalue weighted by Gasteiger charge is -2.22. The first-order valence-electron chi connectivity index (χ1n) is 7.39. The largest absolute Gasteiger partial charge is 0.396 e. The Morgan fingerprint density at radius 1 is 0.778 bits per heavy atom. The van der Waals surface area contributed by atoms with Gasteiger partial charge in [-0.15, -0.1) is 0 Å². The molecule has 0 bridgehead atoms. The van der Waals surface area contributed by atoms with Crippen LogP contribution in [0.25, 0.3) is 0 Å². The summed E-state index contributed by atoms with van der Waals surface area (Å²) in [4.78, 5) is 2.45. The second-order valence-corrected chi connectivity index (χ2v) is 4.88. The number of hydrogen-bond acceptors (Lipinski definition) is 5. The molecule has 18 heavy (non-hydrogen) atoms. The summed E-state index contributed by atoms with van der Waals surface area (Å²) >= 11 is 0. The van der Waals surface area contributed by atoms with Crippen LogP contribution < -0.4 is 16.0 Å². The van der Waals surface area contributed by atoms with E-state index in [2.05, 4.69) is 20.9 Å². The summed E-state index contributed by atoms with van der Waals surface area (Å²) in [6.45, 7) is 9.99. The standard InChI is InChI=1S/C13H30N4O/c18-13-3-11-17-10-2-6-15-8-7-14-4-1-5-16-9-12-17/h14-16,18H,1-13H2. The first-order chi connectivity index (χ1) is 8.93. The van der Waals surface area contributed by atoms with Gasteiger partial charge in [0.2, 0.25) is 0 Å². The molecule has 0 saturated carbocycles. The summed E-state index contributed by atoms with van der Waals surface area (Å²) in [6.07, 6.45) is 3.26. The summed E-state index contributed by atoms with van der Waals surface area (Å²) in [6, 6.07) is 0. The van der Waals surface area contributed by atoms with Gasteiger partial charge in [-0.1, -0.05) is 0 Å². The fourth-order valence-electron chi connectivity index (χ4n) is 2.18. The van der Waals surface area contributed by atoms with Crippen molar-refractivity contribution in [3.8, 4) is 0 Å². The average molecular weight is 258 g/mol. The summed E-state index contributed by atoms with van der Waals surface area (Å²) in [5, 5.41) is 19.3. The van der Waals surface area contributed by atoms with Crippen LogP contribution in [0, 0.1) is 0 Å². The molecule has 0 spiro atoms. The minimum atomic E-state index is 0.299. The maximum Gasteiger partial charge on any atom is 0.0443 e. The van der Waals surface area contributed by atoms with E-state index in [-0.39, 0.29) is 0 Å². The molecule has 108 valence electrons. The predicted molar refractivity (Wildman–Crippen MR) is 76.0 cm³/mol. The molecule has 0 aliphatic carbocycles. The van der Waals surface area contributed by atoms with Gasteiger partial charge in [0.25, 0.3) is 0 Å². The maximum atomic E-state index is 8.91. The SMILES string of the molecule is OCCCN1CCCNCCNCCCNCC1. The maximum absolute atomic E-state index is 8.91. The Kier molecular flexibility index (Phi) is 10.5. The molecule has 0 unspecified atom stereocenters. The number of aliphatic hydroxyl groups is 1. The minimum absolute atomic E-state index is 0.299. The van der Waals surface area contributed by atoms with Crippen molar-refractivity contribution >= 4 is 0 Å². The van der Waals surface area contributed by atoms with Crippen LogP contribution in [0.2, 0.25) is 0 Å². The number of nitrogens with one attached hydrogen (secondary N) is 3. The Labute approximate surface area is 111 Å². The number of nitrogens with zero attached hydrogens (tertiary/aromatic N) is 1. The van der Waals surface area contributed by atoms with Gasteiger partial charge in [0.1, 0.15) is 0 Å². The molecule has 4 N–H and O–H groups in total. The number of rotatable bonds is 3. The van der Waals surface area contributed by atoms with Gasteiger partial charge < -0.3 is 26.0 Å². The Bertz CT molecular complexity index is 166. The fraction of sp³-hybridized carbons (Fsp3) is 1.00. The lowest BCUT2D eigenvalue weighted by molar-refractivity contribution is 0.221. The highest BCUT2D eigenvalue weighted by molar-refractivity contribution is 4.63. The van der Waals surface area contributed by atoms with Crippen LogP contribution in [-0.4, -0.2) is 75.5 Å². The zero-order valence-electron chi connectivity index (χ0n) is 11.6. The minimum Gasteiger partial charge on any atom is -0.396 e. The molecule has 5 nitrogen and oxygen atoms in total. The van der Waals surface area contributed by atoms with Crippen LogP contribution in [-0.2, 0) is 0 Å². The van der Waals surface area contributed by atoms with Crippen molar-refractivity contribution in [2.75, 3.05) is 65.5 Å². The van der Waals surface area contributed by atoms with E-state index in [1.807, 2.05) is 0 Å². The Morgan fingerprint density at radius 2 is 1.44 bits per heavy atom. The molecule has 1 aliphatic heterocycles. The van der Waals surface area contributed by atoms with E-state index in [0.29, 0.717) is 6.61 Å². The van der Waals surface area contributed by atoms with Crippen molar-refractivity contribution in [3.05, 3.63) is 0 Å². The number of aliphatic hydroxyl groups excluding tert-OH is 1. The van der Waals surface area contributed by atoms with Crippen molar-refractivity contribution in [1.82, 2.24) is 20.9 Å². The molecule has 0 aromatic carbocycles. The molecule has 0 amide bonds. The van der Waals surface area contributed by atoms with Gasteiger partial charge in [-0.3, -0.25) is 0 Å². The zero-order chi connectivity index (χ0) is 12.9. The molecular weight excluding hydrogens is 228 g/mol. The second kappa shape index (κ2) is 11.9. The van der Waals surface area contributed by atoms with Gasteiger partial charge in [-0.2, -0.15) is 0 Å². The van der Waals surface area contributed by atoms with Gasteiger partial charge in [0.15, 0.2) is 0 Å². The third kappa shape index (κ3) is 8.83. The fourth-order valence-corrected chi connectivity index (χ4v) is 2.18. The quantitative estimate of drug-likeness (QED) is 0.536. The monoisotopic (exact) mass is 258 g/mol. The van der Waals surface area contributed by atoms with Gasteiger partial charge >= 0.3 is 0 Å². The Balaban J connectivity index is 2.20. The van der Waals surface area contributed by atoms with E-state index in [9.17, 15) is 0 Å². The molecule has 0 atom stereocenters. The van der Waals surface area contributed by atoms with Crippen LogP contribution in [0.5, 0.6) is 0 Å². The first-order valence-corrected chi connectivity index (χ1v) is 7.39. The Hall–Kier alpha value is -0.200. The molecule has 1 rings (SSSR count). The summed E-state index contributed by atoms with van der Waals surface area (Å²) in [5.41, 5.74) is 0. The molecule has 1 aliphatic rings. The zero-order valence-corrected chi connectivity index (χ0v) is 11.6. The van der Waals surface area contributed by atoms with Crippen molar-refractivity contribution in [1.29, 1.82) is 0 Å². The van der Waals surface area contributed by atoms with Gasteiger partial charge in [0, 0.05) is 39.3 Å². The molecule has 0 radical (unpaired) electrons. The van der Waals surface area contributed by atoms with E-state index in [1.165, 1.54) is 12.8 Å². The van der Waals surface area contributed by atoms with Gasteiger partial charge in [0.05, 0.1) is 0 Å². The smallest absolute Gasteiger partial charge is 0.0443 e. The van der Waals surface area contributed by atoms with Crippen LogP contribution in [0.4, 0.5) is 0 Å². The van der Waals surface area contributed by atoms with Crippen molar-refractivity contribution in [2.45, 2.75) is 19.3 Å². The average Bonchev–Trinajstić information content (AvgIpc) is 2.39. The Morgan fingerprint density at radius 3 is 2.17 bits per heavy atom. The number of hydrogen-bond donors (Lipinski definition) is 4. The molecule has 1 heterocycles. The van der Waals surface area contributed by atoms with E-state index >= 15 is 0 Å². The first kappa shape index (κ1) is 15.9. The van der Waals surface area contributed by atoms with E-state index in [1.54, 1.807) is 0 Å². The summed E-state index contributed by atoms with van der Waals surface area (Å²) in [5.74, 6) is 0. The topological polar surface area (TPSA) is 59.6 Å². The van der Waals surface area contributed by atoms with Crippen molar-refractivity contribution in [3.63, 3.8) is 0 Å². The van der Waals surface area contributed by atoms with Crippen LogP contribution >= 0.6 is 0 Å². The normalized spacial score (nSPS) is 22.5. The lowest BCUT2D eigenvalue weighted by atomic mass is 10.3. The van der Waals surface area contributed by atoms with E-state index < -0.39 is 0 Å². The van der Waals surface area contributed by atoms with Crippen LogP contribution in [0.15, 0.2) is 0 Å². The van der Waals surface area contributed by atoms with Gasteiger partial charge in [-0.25, -0.2) is 0 Å². The van der Waals surface area contributed by atoms with Crippen LogP contribution in [0.1, 0.15) is 19.3 Å². The molecular formula is C13H30N4O. The van der Waals surface area contributed by atoms with E-state index in [4.69, 9.17) is 5.11 Å². The van der Waals surface area contributed by atoms with Crippen LogP contribution in [0.3, 0.4) is 0 Å². The summed E-state index contributed by atoms with van der Waals surface area (Å²) < 4.78 is 0. The summed E-state index contributed by atoms with van der Waals surface area (Å²) in [7, 11) is 0. The highest BCUT2D eigenvalue weighted by atomic mass is 16.3. The molecule has 0 aromatic heterocycles. The third-order valence-electron chi connectivity index (χ3n) is 3.25. The van der Waals surface area contributed by atoms with E-state index in [0.717, 1.165) is 65.3 Å². The predicted octanol–water partition coefficient (Wildman–Crippen LogP) is -0.767. The molecule has 0 aromatic rings.